The molecule has 36 heavy (non-hydrogen) atoms. The van der Waals surface area contributed by atoms with Gasteiger partial charge in [-0.25, -0.2) is 27.9 Å². The highest BCUT2D eigenvalue weighted by atomic mass is 19.1. The largest absolute Gasteiger partial charge is 0.481 e. The van der Waals surface area contributed by atoms with Crippen molar-refractivity contribution in [2.45, 2.75) is 45.8 Å². The highest BCUT2D eigenvalue weighted by Gasteiger charge is 2.36. The number of nitrogens with one attached hydrogen (secondary N) is 2. The molecule has 1 unspecified atom stereocenters. The lowest BCUT2D eigenvalue weighted by atomic mass is 10.00. The number of anilines is 4. The number of nitrogens with zero attached hydrogens (tertiary/aromatic N) is 3. The number of amides is 2. The third kappa shape index (κ3) is 5.14. The number of carbonyl (C=O) groups excluding carboxylic acids is 1. The standard InChI is InChI=1S/C25H27F3N6O2/c1-5-13(2)34-12-25(3,4)36-22-17(27)8-14(9-20(22)34)21-18(28)11-30-24(33-21)31-15-6-7-19(16(26)10-15)32-23(29)35/h6-11,13H,5,12H2,1-4H3,(H3,29,32,35)(H,30,31,33). The molecule has 0 fully saturated rings. The first-order valence-corrected chi connectivity index (χ1v) is 11.4. The predicted octanol–water partition coefficient (Wildman–Crippen LogP) is 5.57. The summed E-state index contributed by atoms with van der Waals surface area (Å²) in [6.07, 6.45) is 1.77. The third-order valence-corrected chi connectivity index (χ3v) is 5.89. The Hall–Kier alpha value is -4.02. The molecule has 0 bridgehead atoms. The minimum absolute atomic E-state index is 0.0318. The molecule has 0 radical (unpaired) electrons. The zero-order valence-electron chi connectivity index (χ0n) is 20.3. The first-order chi connectivity index (χ1) is 17.0. The number of carbonyl (C=O) groups is 1. The second kappa shape index (κ2) is 9.56. The molecule has 2 amide bonds. The van der Waals surface area contributed by atoms with Gasteiger partial charge < -0.3 is 26.0 Å². The van der Waals surface area contributed by atoms with E-state index in [1.807, 2.05) is 32.6 Å². The third-order valence-electron chi connectivity index (χ3n) is 5.89. The number of primary amides is 1. The van der Waals surface area contributed by atoms with E-state index in [9.17, 15) is 13.6 Å². The summed E-state index contributed by atoms with van der Waals surface area (Å²) in [5.41, 5.74) is 5.15. The van der Waals surface area contributed by atoms with Crippen LogP contribution < -0.4 is 26.0 Å². The van der Waals surface area contributed by atoms with Gasteiger partial charge in [0.15, 0.2) is 17.4 Å². The van der Waals surface area contributed by atoms with Crippen molar-refractivity contribution in [2.24, 2.45) is 5.73 Å². The van der Waals surface area contributed by atoms with E-state index in [1.165, 1.54) is 18.2 Å². The second-order valence-electron chi connectivity index (χ2n) is 9.25. The molecule has 4 N–H and O–H groups in total. The van der Waals surface area contributed by atoms with E-state index in [0.29, 0.717) is 12.2 Å². The average molecular weight is 501 g/mol. The van der Waals surface area contributed by atoms with Crippen LogP contribution in [0, 0.1) is 17.5 Å². The fraction of sp³-hybridized carbons (Fsp3) is 0.320. The van der Waals surface area contributed by atoms with Gasteiger partial charge in [0.25, 0.3) is 0 Å². The quantitative estimate of drug-likeness (QED) is 0.409. The molecule has 1 aliphatic heterocycles. The summed E-state index contributed by atoms with van der Waals surface area (Å²) in [6, 6.07) is 5.88. The topological polar surface area (TPSA) is 105 Å². The number of rotatable bonds is 6. The van der Waals surface area contributed by atoms with Gasteiger partial charge >= 0.3 is 6.03 Å². The first-order valence-electron chi connectivity index (χ1n) is 11.4. The number of hydrogen-bond donors (Lipinski definition) is 3. The summed E-state index contributed by atoms with van der Waals surface area (Å²) in [7, 11) is 0. The van der Waals surface area contributed by atoms with Crippen LogP contribution in [-0.2, 0) is 0 Å². The van der Waals surface area contributed by atoms with Crippen LogP contribution in [-0.4, -0.2) is 34.2 Å². The molecule has 1 aromatic heterocycles. The SMILES string of the molecule is CCC(C)N1CC(C)(C)Oc2c(F)cc(-c3nc(Nc4ccc(NC(N)=O)c(F)c4)ncc3F)cc21. The van der Waals surface area contributed by atoms with Crippen molar-refractivity contribution in [3.05, 3.63) is 54.0 Å². The van der Waals surface area contributed by atoms with Crippen LogP contribution in [0.3, 0.4) is 0 Å². The van der Waals surface area contributed by atoms with E-state index < -0.39 is 29.1 Å². The highest BCUT2D eigenvalue weighted by molar-refractivity contribution is 5.88. The summed E-state index contributed by atoms with van der Waals surface area (Å²) in [4.78, 5) is 21.1. The first kappa shape index (κ1) is 25.1. The average Bonchev–Trinajstić information content (AvgIpc) is 2.81. The zero-order valence-corrected chi connectivity index (χ0v) is 20.3. The summed E-state index contributed by atoms with van der Waals surface area (Å²) in [5.74, 6) is -2.04. The van der Waals surface area contributed by atoms with Crippen molar-refractivity contribution >= 4 is 29.0 Å². The number of halogens is 3. The van der Waals surface area contributed by atoms with Crippen molar-refractivity contribution < 1.29 is 22.7 Å². The van der Waals surface area contributed by atoms with Crippen LogP contribution in [0.5, 0.6) is 5.75 Å². The lowest BCUT2D eigenvalue weighted by molar-refractivity contribution is 0.0960. The maximum Gasteiger partial charge on any atom is 0.316 e. The van der Waals surface area contributed by atoms with Crippen molar-refractivity contribution in [3.8, 4) is 17.0 Å². The second-order valence-corrected chi connectivity index (χ2v) is 9.25. The number of benzene rings is 2. The molecule has 8 nitrogen and oxygen atoms in total. The van der Waals surface area contributed by atoms with Gasteiger partial charge in [-0.2, -0.15) is 0 Å². The Morgan fingerprint density at radius 1 is 1.19 bits per heavy atom. The number of ether oxygens (including phenoxy) is 1. The van der Waals surface area contributed by atoms with Gasteiger partial charge in [0, 0.05) is 17.3 Å². The molecular formula is C25H27F3N6O2. The van der Waals surface area contributed by atoms with Crippen LogP contribution in [0.25, 0.3) is 11.3 Å². The van der Waals surface area contributed by atoms with Crippen LogP contribution in [0.4, 0.5) is 41.0 Å². The predicted molar refractivity (Wildman–Crippen MR) is 132 cm³/mol. The fourth-order valence-electron chi connectivity index (χ4n) is 4.03. The summed E-state index contributed by atoms with van der Waals surface area (Å²) in [5, 5.41) is 4.94. The van der Waals surface area contributed by atoms with Gasteiger partial charge in [0.1, 0.15) is 17.1 Å². The highest BCUT2D eigenvalue weighted by Crippen LogP contribution is 2.43. The lowest BCUT2D eigenvalue weighted by Crippen LogP contribution is -2.50. The number of urea groups is 1. The van der Waals surface area contributed by atoms with Crippen molar-refractivity contribution in [1.82, 2.24) is 9.97 Å². The Bertz CT molecular complexity index is 1320. The van der Waals surface area contributed by atoms with Crippen LogP contribution in [0.1, 0.15) is 34.1 Å². The smallest absolute Gasteiger partial charge is 0.316 e. The molecule has 190 valence electrons. The van der Waals surface area contributed by atoms with E-state index in [-0.39, 0.29) is 40.4 Å². The fourth-order valence-corrected chi connectivity index (χ4v) is 4.03. The number of fused-ring (bicyclic) bond motifs is 1. The number of nitrogens with two attached hydrogens (primary N) is 1. The molecule has 0 saturated heterocycles. The Kier molecular flexibility index (Phi) is 6.66. The van der Waals surface area contributed by atoms with Crippen LogP contribution in [0.15, 0.2) is 36.5 Å². The van der Waals surface area contributed by atoms with Gasteiger partial charge in [-0.3, -0.25) is 0 Å². The van der Waals surface area contributed by atoms with Crippen LogP contribution >= 0.6 is 0 Å². The van der Waals surface area contributed by atoms with Gasteiger partial charge in [-0.15, -0.1) is 0 Å². The minimum Gasteiger partial charge on any atom is -0.481 e. The Labute approximate surface area is 206 Å². The Morgan fingerprint density at radius 2 is 1.94 bits per heavy atom. The van der Waals surface area contributed by atoms with E-state index >= 15 is 4.39 Å². The maximum absolute atomic E-state index is 15.2. The van der Waals surface area contributed by atoms with E-state index in [1.54, 1.807) is 6.07 Å². The van der Waals surface area contributed by atoms with Gasteiger partial charge in [-0.05, 0) is 57.5 Å². The van der Waals surface area contributed by atoms with Crippen molar-refractivity contribution in [1.29, 1.82) is 0 Å². The molecule has 11 heteroatoms. The molecule has 2 aromatic carbocycles. The molecular weight excluding hydrogens is 473 g/mol. The van der Waals surface area contributed by atoms with Crippen molar-refractivity contribution in [3.63, 3.8) is 0 Å². The number of hydrogen-bond acceptors (Lipinski definition) is 6. The lowest BCUT2D eigenvalue weighted by Gasteiger charge is -2.44. The molecule has 0 aliphatic carbocycles. The van der Waals surface area contributed by atoms with Gasteiger partial charge in [0.05, 0.1) is 24.1 Å². The van der Waals surface area contributed by atoms with E-state index in [0.717, 1.165) is 18.7 Å². The maximum atomic E-state index is 15.2. The van der Waals surface area contributed by atoms with Gasteiger partial charge in [0.2, 0.25) is 5.95 Å². The molecule has 0 saturated carbocycles. The molecule has 1 atom stereocenters. The Balaban J connectivity index is 1.70. The van der Waals surface area contributed by atoms with Gasteiger partial charge in [-0.1, -0.05) is 6.92 Å². The van der Waals surface area contributed by atoms with E-state index in [2.05, 4.69) is 20.6 Å². The number of aromatic nitrogens is 2. The molecule has 0 spiro atoms. The molecule has 1 aliphatic rings. The van der Waals surface area contributed by atoms with Crippen molar-refractivity contribution in [2.75, 3.05) is 22.1 Å². The van der Waals surface area contributed by atoms with E-state index in [4.69, 9.17) is 10.5 Å². The molecule has 2 heterocycles. The molecule has 4 rings (SSSR count). The summed E-state index contributed by atoms with van der Waals surface area (Å²) in [6.45, 7) is 8.38. The molecule has 3 aromatic rings. The monoisotopic (exact) mass is 500 g/mol. The normalized spacial score (nSPS) is 15.0. The minimum atomic E-state index is -0.903. The Morgan fingerprint density at radius 3 is 2.61 bits per heavy atom. The van der Waals surface area contributed by atoms with Crippen LogP contribution in [0.2, 0.25) is 0 Å². The zero-order chi connectivity index (χ0) is 26.2. The summed E-state index contributed by atoms with van der Waals surface area (Å²) >= 11 is 0. The summed E-state index contributed by atoms with van der Waals surface area (Å²) < 4.78 is 50.2.